The van der Waals surface area contributed by atoms with Crippen LogP contribution >= 0.6 is 0 Å². The van der Waals surface area contributed by atoms with Gasteiger partial charge < -0.3 is 14.3 Å². The van der Waals surface area contributed by atoms with Crippen molar-refractivity contribution >= 4 is 17.0 Å². The lowest BCUT2D eigenvalue weighted by Gasteiger charge is -2.07. The summed E-state index contributed by atoms with van der Waals surface area (Å²) in [6, 6.07) is 19.9. The van der Waals surface area contributed by atoms with Crippen molar-refractivity contribution in [2.75, 3.05) is 14.2 Å². The van der Waals surface area contributed by atoms with Gasteiger partial charge in [0.05, 0.1) is 20.4 Å². The quantitative estimate of drug-likeness (QED) is 0.499. The number of rotatable bonds is 6. The fourth-order valence-corrected chi connectivity index (χ4v) is 2.54. The molecule has 4 heteroatoms. The Morgan fingerprint density at radius 1 is 0.917 bits per heavy atom. The highest BCUT2D eigenvalue weighted by Crippen LogP contribution is 2.23. The summed E-state index contributed by atoms with van der Waals surface area (Å²) in [6.07, 6.45) is 1.64. The van der Waals surface area contributed by atoms with E-state index in [-0.39, 0.29) is 0 Å². The van der Waals surface area contributed by atoms with Gasteiger partial charge in [-0.05, 0) is 28.5 Å². The minimum Gasteiger partial charge on any atom is -0.497 e. The first-order valence-corrected chi connectivity index (χ1v) is 7.66. The van der Waals surface area contributed by atoms with E-state index in [2.05, 4.69) is 23.4 Å². The van der Waals surface area contributed by atoms with Gasteiger partial charge in [0.1, 0.15) is 18.1 Å². The molecule has 0 aliphatic carbocycles. The summed E-state index contributed by atoms with van der Waals surface area (Å²) >= 11 is 0. The van der Waals surface area contributed by atoms with Gasteiger partial charge in [-0.3, -0.25) is 0 Å². The van der Waals surface area contributed by atoms with Gasteiger partial charge in [-0.15, -0.1) is 0 Å². The van der Waals surface area contributed by atoms with Gasteiger partial charge in [0, 0.05) is 11.6 Å². The van der Waals surface area contributed by atoms with Gasteiger partial charge in [-0.2, -0.15) is 0 Å². The van der Waals surface area contributed by atoms with Crippen LogP contribution in [-0.2, 0) is 11.4 Å². The maximum atomic E-state index is 5.47. The highest BCUT2D eigenvalue weighted by molar-refractivity contribution is 5.85. The lowest BCUT2D eigenvalue weighted by atomic mass is 10.1. The summed E-state index contributed by atoms with van der Waals surface area (Å²) in [5.74, 6) is 1.42. The molecule has 3 aromatic carbocycles. The van der Waals surface area contributed by atoms with Crippen molar-refractivity contribution < 1.29 is 14.3 Å². The Bertz CT molecular complexity index is 853. The normalized spacial score (nSPS) is 10.9. The predicted molar refractivity (Wildman–Crippen MR) is 95.9 cm³/mol. The minimum absolute atomic E-state index is 0.413. The maximum absolute atomic E-state index is 5.47. The average Bonchev–Trinajstić information content (AvgIpc) is 2.65. The van der Waals surface area contributed by atoms with Crippen molar-refractivity contribution in [3.8, 4) is 11.5 Å². The first-order valence-electron chi connectivity index (χ1n) is 7.66. The van der Waals surface area contributed by atoms with Crippen LogP contribution in [0.5, 0.6) is 11.5 Å². The molecule has 3 rings (SSSR count). The summed E-state index contributed by atoms with van der Waals surface area (Å²) < 4.78 is 10.5. The highest BCUT2D eigenvalue weighted by atomic mass is 16.6. The molecule has 0 heterocycles. The smallest absolute Gasteiger partial charge is 0.142 e. The van der Waals surface area contributed by atoms with Gasteiger partial charge in [-0.25, -0.2) is 0 Å². The average molecular weight is 321 g/mol. The SMILES string of the molecule is COc1ccc(/C=N/OCc2cccc3ccccc23)c(OC)c1. The molecular weight excluding hydrogens is 302 g/mol. The molecule has 0 aliphatic heterocycles. The first-order chi connectivity index (χ1) is 11.8. The Labute approximate surface area is 141 Å². The van der Waals surface area contributed by atoms with Crippen LogP contribution in [0.3, 0.4) is 0 Å². The van der Waals surface area contributed by atoms with Crippen molar-refractivity contribution in [2.45, 2.75) is 6.61 Å². The molecule has 4 nitrogen and oxygen atoms in total. The number of nitrogens with zero attached hydrogens (tertiary/aromatic N) is 1. The Balaban J connectivity index is 1.71. The van der Waals surface area contributed by atoms with Crippen molar-refractivity contribution in [1.82, 2.24) is 0 Å². The van der Waals surface area contributed by atoms with E-state index < -0.39 is 0 Å². The van der Waals surface area contributed by atoms with Crippen LogP contribution in [0.25, 0.3) is 10.8 Å². The maximum Gasteiger partial charge on any atom is 0.142 e. The van der Waals surface area contributed by atoms with E-state index >= 15 is 0 Å². The Morgan fingerprint density at radius 3 is 2.58 bits per heavy atom. The first kappa shape index (κ1) is 15.9. The summed E-state index contributed by atoms with van der Waals surface area (Å²) in [5, 5.41) is 6.43. The molecule has 0 unspecified atom stereocenters. The minimum atomic E-state index is 0.413. The topological polar surface area (TPSA) is 40.0 Å². The van der Waals surface area contributed by atoms with Crippen molar-refractivity contribution in [3.63, 3.8) is 0 Å². The van der Waals surface area contributed by atoms with E-state index in [0.717, 1.165) is 16.9 Å². The van der Waals surface area contributed by atoms with Crippen molar-refractivity contribution in [2.24, 2.45) is 5.16 Å². The number of ether oxygens (including phenoxy) is 2. The lowest BCUT2D eigenvalue weighted by molar-refractivity contribution is 0.133. The standard InChI is InChI=1S/C20H19NO3/c1-22-18-11-10-16(20(12-18)23-2)13-21-24-14-17-8-5-7-15-6-3-4-9-19(15)17/h3-13H,14H2,1-2H3/b21-13+. The number of hydrogen-bond acceptors (Lipinski definition) is 4. The van der Waals surface area contributed by atoms with Crippen LogP contribution in [0, 0.1) is 0 Å². The molecule has 0 fully saturated rings. The molecule has 0 saturated heterocycles. The fraction of sp³-hybridized carbons (Fsp3) is 0.150. The van der Waals surface area contributed by atoms with Gasteiger partial charge in [0.2, 0.25) is 0 Å². The van der Waals surface area contributed by atoms with E-state index in [0.29, 0.717) is 12.4 Å². The number of hydrogen-bond donors (Lipinski definition) is 0. The molecule has 0 radical (unpaired) electrons. The zero-order valence-corrected chi connectivity index (χ0v) is 13.7. The van der Waals surface area contributed by atoms with Crippen molar-refractivity contribution in [3.05, 3.63) is 71.8 Å². The Kier molecular flexibility index (Phi) is 4.96. The lowest BCUT2D eigenvalue weighted by Crippen LogP contribution is -1.94. The second-order valence-corrected chi connectivity index (χ2v) is 5.25. The van der Waals surface area contributed by atoms with Crippen LogP contribution in [0.4, 0.5) is 0 Å². The summed E-state index contributed by atoms with van der Waals surface area (Å²) in [7, 11) is 3.24. The zero-order chi connectivity index (χ0) is 16.8. The van der Waals surface area contributed by atoms with Crippen LogP contribution < -0.4 is 9.47 Å². The summed E-state index contributed by atoms with van der Waals surface area (Å²) in [5.41, 5.74) is 1.93. The number of oxime groups is 1. The van der Waals surface area contributed by atoms with E-state index in [1.165, 1.54) is 10.8 Å². The van der Waals surface area contributed by atoms with E-state index in [1.54, 1.807) is 20.4 Å². The highest BCUT2D eigenvalue weighted by Gasteiger charge is 2.03. The number of fused-ring (bicyclic) bond motifs is 1. The Hall–Kier alpha value is -3.01. The van der Waals surface area contributed by atoms with Gasteiger partial charge >= 0.3 is 0 Å². The third-order valence-corrected chi connectivity index (χ3v) is 3.81. The third-order valence-electron chi connectivity index (χ3n) is 3.81. The van der Waals surface area contributed by atoms with Gasteiger partial charge in [0.15, 0.2) is 0 Å². The summed E-state index contributed by atoms with van der Waals surface area (Å²) in [4.78, 5) is 5.47. The monoisotopic (exact) mass is 321 g/mol. The zero-order valence-electron chi connectivity index (χ0n) is 13.7. The number of benzene rings is 3. The summed E-state index contributed by atoms with van der Waals surface area (Å²) in [6.45, 7) is 0.413. The molecule has 24 heavy (non-hydrogen) atoms. The largest absolute Gasteiger partial charge is 0.497 e. The molecule has 0 aromatic heterocycles. The van der Waals surface area contributed by atoms with Gasteiger partial charge in [-0.1, -0.05) is 47.6 Å². The third kappa shape index (κ3) is 3.49. The van der Waals surface area contributed by atoms with Crippen LogP contribution in [0.1, 0.15) is 11.1 Å². The molecule has 0 aliphatic rings. The molecule has 0 saturated carbocycles. The molecule has 0 atom stereocenters. The van der Waals surface area contributed by atoms with E-state index in [1.807, 2.05) is 42.5 Å². The van der Waals surface area contributed by atoms with Crippen LogP contribution in [0.2, 0.25) is 0 Å². The molecule has 0 amide bonds. The molecule has 3 aromatic rings. The van der Waals surface area contributed by atoms with Crippen LogP contribution in [0.15, 0.2) is 65.8 Å². The molecular formula is C20H19NO3. The van der Waals surface area contributed by atoms with E-state index in [9.17, 15) is 0 Å². The van der Waals surface area contributed by atoms with E-state index in [4.69, 9.17) is 14.3 Å². The molecule has 0 N–H and O–H groups in total. The number of methoxy groups -OCH3 is 2. The van der Waals surface area contributed by atoms with Crippen molar-refractivity contribution in [1.29, 1.82) is 0 Å². The second-order valence-electron chi connectivity index (χ2n) is 5.25. The predicted octanol–water partition coefficient (Wildman–Crippen LogP) is 4.41. The van der Waals surface area contributed by atoms with Gasteiger partial charge in [0.25, 0.3) is 0 Å². The molecule has 122 valence electrons. The Morgan fingerprint density at radius 2 is 1.75 bits per heavy atom. The molecule has 0 spiro atoms. The second kappa shape index (κ2) is 7.51. The fourth-order valence-electron chi connectivity index (χ4n) is 2.54. The van der Waals surface area contributed by atoms with Crippen LogP contribution in [-0.4, -0.2) is 20.4 Å². The molecule has 0 bridgehead atoms.